The van der Waals surface area contributed by atoms with Crippen LogP contribution in [0.5, 0.6) is 0 Å². The van der Waals surface area contributed by atoms with E-state index in [0.717, 1.165) is 13.1 Å². The lowest BCUT2D eigenvalue weighted by Gasteiger charge is -2.30. The van der Waals surface area contributed by atoms with Crippen LogP contribution in [0.1, 0.15) is 12.8 Å². The zero-order valence-corrected chi connectivity index (χ0v) is 9.17. The Bertz CT molecular complexity index is 161. The molecular formula is C7H16Cl2N2O2. The van der Waals surface area contributed by atoms with Crippen LogP contribution in [-0.4, -0.2) is 31.7 Å². The van der Waals surface area contributed by atoms with Gasteiger partial charge in [0.05, 0.1) is 7.11 Å². The van der Waals surface area contributed by atoms with Gasteiger partial charge in [0.2, 0.25) is 0 Å². The van der Waals surface area contributed by atoms with Gasteiger partial charge < -0.3 is 15.8 Å². The number of esters is 1. The van der Waals surface area contributed by atoms with Crippen LogP contribution in [0, 0.1) is 0 Å². The van der Waals surface area contributed by atoms with Crippen molar-refractivity contribution in [2.75, 3.05) is 20.2 Å². The third kappa shape index (κ3) is 3.68. The van der Waals surface area contributed by atoms with Crippen molar-refractivity contribution in [1.29, 1.82) is 0 Å². The van der Waals surface area contributed by atoms with E-state index >= 15 is 0 Å². The lowest BCUT2D eigenvalue weighted by Crippen LogP contribution is -2.55. The van der Waals surface area contributed by atoms with Gasteiger partial charge in [-0.3, -0.25) is 4.79 Å². The fourth-order valence-electron chi connectivity index (χ4n) is 1.28. The first-order chi connectivity index (χ1) is 5.19. The van der Waals surface area contributed by atoms with Crippen LogP contribution >= 0.6 is 24.8 Å². The molecule has 0 atom stereocenters. The molecule has 0 saturated carbocycles. The lowest BCUT2D eigenvalue weighted by molar-refractivity contribution is -0.148. The number of hydrogen-bond donors (Lipinski definition) is 2. The van der Waals surface area contributed by atoms with E-state index in [-0.39, 0.29) is 30.8 Å². The zero-order valence-electron chi connectivity index (χ0n) is 7.54. The van der Waals surface area contributed by atoms with Gasteiger partial charge in [-0.15, -0.1) is 24.8 Å². The third-order valence-corrected chi connectivity index (χ3v) is 2.09. The zero-order chi connectivity index (χ0) is 8.32. The molecule has 0 radical (unpaired) electrons. The van der Waals surface area contributed by atoms with Crippen LogP contribution < -0.4 is 11.1 Å². The second-order valence-electron chi connectivity index (χ2n) is 2.90. The molecule has 1 rings (SSSR count). The monoisotopic (exact) mass is 230 g/mol. The minimum absolute atomic E-state index is 0. The highest BCUT2D eigenvalue weighted by Crippen LogP contribution is 2.15. The van der Waals surface area contributed by atoms with Gasteiger partial charge in [0.15, 0.2) is 0 Å². The van der Waals surface area contributed by atoms with Crippen molar-refractivity contribution >= 4 is 30.8 Å². The van der Waals surface area contributed by atoms with E-state index in [0.29, 0.717) is 12.8 Å². The first kappa shape index (κ1) is 15.4. The molecule has 0 aromatic heterocycles. The van der Waals surface area contributed by atoms with Crippen molar-refractivity contribution in [1.82, 2.24) is 5.32 Å². The Hall–Kier alpha value is -0.0300. The Morgan fingerprint density at radius 1 is 1.38 bits per heavy atom. The standard InChI is InChI=1S/C7H14N2O2.2ClH/c1-11-6(10)7(8)2-4-9-5-3-7;;/h9H,2-5,8H2,1H3;2*1H. The maximum atomic E-state index is 11.1. The predicted molar refractivity (Wildman–Crippen MR) is 55.5 cm³/mol. The van der Waals surface area contributed by atoms with E-state index in [9.17, 15) is 4.79 Å². The van der Waals surface area contributed by atoms with Gasteiger partial charge in [-0.25, -0.2) is 0 Å². The van der Waals surface area contributed by atoms with Crippen LogP contribution in [-0.2, 0) is 9.53 Å². The van der Waals surface area contributed by atoms with E-state index in [2.05, 4.69) is 10.1 Å². The number of methoxy groups -OCH3 is 1. The molecule has 1 aliphatic heterocycles. The summed E-state index contributed by atoms with van der Waals surface area (Å²) < 4.78 is 4.60. The smallest absolute Gasteiger partial charge is 0.325 e. The summed E-state index contributed by atoms with van der Waals surface area (Å²) in [5.41, 5.74) is 5.06. The molecule has 6 heteroatoms. The Kier molecular flexibility index (Phi) is 7.64. The average Bonchev–Trinajstić information content (AvgIpc) is 2.04. The van der Waals surface area contributed by atoms with Crippen molar-refractivity contribution < 1.29 is 9.53 Å². The molecule has 1 aliphatic rings. The van der Waals surface area contributed by atoms with E-state index in [4.69, 9.17) is 5.73 Å². The van der Waals surface area contributed by atoms with Crippen LogP contribution in [0.25, 0.3) is 0 Å². The Morgan fingerprint density at radius 2 is 1.85 bits per heavy atom. The van der Waals surface area contributed by atoms with Crippen molar-refractivity contribution in [3.63, 3.8) is 0 Å². The normalized spacial score (nSPS) is 19.2. The minimum Gasteiger partial charge on any atom is -0.468 e. The molecule has 1 fully saturated rings. The molecular weight excluding hydrogens is 215 g/mol. The Morgan fingerprint density at radius 3 is 2.23 bits per heavy atom. The van der Waals surface area contributed by atoms with Crippen LogP contribution in [0.4, 0.5) is 0 Å². The van der Waals surface area contributed by atoms with Crippen molar-refractivity contribution in [3.05, 3.63) is 0 Å². The first-order valence-corrected chi connectivity index (χ1v) is 3.77. The maximum Gasteiger partial charge on any atom is 0.325 e. The molecule has 1 saturated heterocycles. The molecule has 1 heterocycles. The predicted octanol–water partition coefficient (Wildman–Crippen LogP) is 0.0839. The molecule has 0 amide bonds. The number of hydrogen-bond acceptors (Lipinski definition) is 4. The summed E-state index contributed by atoms with van der Waals surface area (Å²) in [4.78, 5) is 11.1. The van der Waals surface area contributed by atoms with E-state index in [1.54, 1.807) is 0 Å². The SMILES string of the molecule is COC(=O)C1(N)CCNCC1.Cl.Cl. The topological polar surface area (TPSA) is 64.3 Å². The van der Waals surface area contributed by atoms with Crippen molar-refractivity contribution in [2.24, 2.45) is 5.73 Å². The summed E-state index contributed by atoms with van der Waals surface area (Å²) in [6, 6.07) is 0. The molecule has 0 aliphatic carbocycles. The van der Waals surface area contributed by atoms with E-state index in [1.807, 2.05) is 0 Å². The van der Waals surface area contributed by atoms with E-state index < -0.39 is 5.54 Å². The second kappa shape index (κ2) is 6.43. The molecule has 3 N–H and O–H groups in total. The first-order valence-electron chi connectivity index (χ1n) is 3.77. The summed E-state index contributed by atoms with van der Waals surface area (Å²) in [5, 5.41) is 3.13. The summed E-state index contributed by atoms with van der Waals surface area (Å²) in [6.07, 6.45) is 1.33. The molecule has 0 unspecified atom stereocenters. The van der Waals surface area contributed by atoms with Gasteiger partial charge in [-0.2, -0.15) is 0 Å². The van der Waals surface area contributed by atoms with Gasteiger partial charge in [0.25, 0.3) is 0 Å². The van der Waals surface area contributed by atoms with Crippen molar-refractivity contribution in [3.8, 4) is 0 Å². The van der Waals surface area contributed by atoms with Crippen LogP contribution in [0.3, 0.4) is 0 Å². The Labute approximate surface area is 90.4 Å². The molecule has 13 heavy (non-hydrogen) atoms. The summed E-state index contributed by atoms with van der Waals surface area (Å²) in [6.45, 7) is 1.59. The molecule has 0 bridgehead atoms. The summed E-state index contributed by atoms with van der Waals surface area (Å²) >= 11 is 0. The molecule has 0 aromatic carbocycles. The van der Waals surface area contributed by atoms with Crippen LogP contribution in [0.15, 0.2) is 0 Å². The van der Waals surface area contributed by atoms with Gasteiger partial charge in [0.1, 0.15) is 5.54 Å². The van der Waals surface area contributed by atoms with Gasteiger partial charge in [-0.05, 0) is 25.9 Å². The number of nitrogens with one attached hydrogen (secondary N) is 1. The van der Waals surface area contributed by atoms with Crippen molar-refractivity contribution in [2.45, 2.75) is 18.4 Å². The number of carbonyl (C=O) groups is 1. The largest absolute Gasteiger partial charge is 0.468 e. The van der Waals surface area contributed by atoms with Gasteiger partial charge >= 0.3 is 5.97 Å². The third-order valence-electron chi connectivity index (χ3n) is 2.09. The summed E-state index contributed by atoms with van der Waals surface area (Å²) in [7, 11) is 1.37. The fourth-order valence-corrected chi connectivity index (χ4v) is 1.28. The molecule has 4 nitrogen and oxygen atoms in total. The number of halogens is 2. The highest BCUT2D eigenvalue weighted by Gasteiger charge is 2.36. The molecule has 0 aromatic rings. The lowest BCUT2D eigenvalue weighted by atomic mass is 9.90. The molecule has 0 spiro atoms. The number of ether oxygens (including phenoxy) is 1. The number of rotatable bonds is 1. The average molecular weight is 231 g/mol. The highest BCUT2D eigenvalue weighted by atomic mass is 35.5. The highest BCUT2D eigenvalue weighted by molar-refractivity contribution is 5.85. The second-order valence-corrected chi connectivity index (χ2v) is 2.90. The molecule has 80 valence electrons. The quantitative estimate of drug-likeness (QED) is 0.627. The summed E-state index contributed by atoms with van der Waals surface area (Å²) in [5.74, 6) is -0.293. The fraction of sp³-hybridized carbons (Fsp3) is 0.857. The Balaban J connectivity index is 0. The van der Waals surface area contributed by atoms with E-state index in [1.165, 1.54) is 7.11 Å². The van der Waals surface area contributed by atoms with Crippen LogP contribution in [0.2, 0.25) is 0 Å². The number of carbonyl (C=O) groups excluding carboxylic acids is 1. The minimum atomic E-state index is -0.736. The number of piperidine rings is 1. The van der Waals surface area contributed by atoms with Gasteiger partial charge in [0, 0.05) is 0 Å². The maximum absolute atomic E-state index is 11.1. The number of nitrogens with two attached hydrogens (primary N) is 1. The van der Waals surface area contributed by atoms with Gasteiger partial charge in [-0.1, -0.05) is 0 Å².